The molecule has 0 spiro atoms. The molecule has 0 fully saturated rings. The van der Waals surface area contributed by atoms with Crippen LogP contribution in [-0.2, 0) is 4.84 Å². The average Bonchev–Trinajstić information content (AvgIpc) is 2.71. The summed E-state index contributed by atoms with van der Waals surface area (Å²) in [5, 5.41) is 1.40. The lowest BCUT2D eigenvalue weighted by atomic mass is 10.1. The number of carbonyl (C=O) groups is 1. The predicted molar refractivity (Wildman–Crippen MR) is 117 cm³/mol. The van der Waals surface area contributed by atoms with Crippen LogP contribution in [0.5, 0.6) is 5.75 Å². The third kappa shape index (κ3) is 5.45. The summed E-state index contributed by atoms with van der Waals surface area (Å²) in [6.45, 7) is 4.15. The van der Waals surface area contributed by atoms with Gasteiger partial charge >= 0.3 is 0 Å². The Bertz CT molecular complexity index is 983. The molecule has 0 amide bonds. The minimum absolute atomic E-state index is 0.0537. The molecule has 0 unspecified atom stereocenters. The van der Waals surface area contributed by atoms with Crippen LogP contribution in [-0.4, -0.2) is 41.6 Å². The van der Waals surface area contributed by atoms with Crippen molar-refractivity contribution in [2.45, 2.75) is 19.5 Å². The Hall–Kier alpha value is -3.65. The predicted octanol–water partition coefficient (Wildman–Crippen LogP) is 2.57. The van der Waals surface area contributed by atoms with Crippen molar-refractivity contribution in [1.82, 2.24) is 5.06 Å². The van der Waals surface area contributed by atoms with Crippen molar-refractivity contribution in [2.75, 3.05) is 13.2 Å². The quantitative estimate of drug-likeness (QED) is 0.395. The van der Waals surface area contributed by atoms with Gasteiger partial charge in [-0.25, -0.2) is 4.99 Å². The summed E-state index contributed by atoms with van der Waals surface area (Å²) < 4.78 is 5.74. The lowest BCUT2D eigenvalue weighted by Gasteiger charge is -2.36. The van der Waals surface area contributed by atoms with Crippen LogP contribution < -0.4 is 16.2 Å². The van der Waals surface area contributed by atoms with Crippen LogP contribution in [0.15, 0.2) is 70.7 Å². The fourth-order valence-electron chi connectivity index (χ4n) is 2.88. The van der Waals surface area contributed by atoms with Gasteiger partial charge in [-0.15, -0.1) is 0 Å². The summed E-state index contributed by atoms with van der Waals surface area (Å²) in [5.41, 5.74) is 12.3. The number of hydrogen-bond donors (Lipinski definition) is 2. The standard InChI is InChI=1S/C22H25N5O3/c1-22(2)26-20(23)25-21(24)27(22)30-14-13-29-18-10-6-7-16(15-18)11-12-19(28)17-8-4-3-5-9-17/h3-12,15H,13-14H2,1-2H3,(H4,23,24,25,26)/b12-11+. The third-order valence-electron chi connectivity index (χ3n) is 4.24. The van der Waals surface area contributed by atoms with E-state index in [4.69, 9.17) is 21.0 Å². The van der Waals surface area contributed by atoms with E-state index in [1.54, 1.807) is 24.3 Å². The van der Waals surface area contributed by atoms with Gasteiger partial charge in [0.05, 0.1) is 0 Å². The first-order chi connectivity index (χ1) is 14.3. The number of carbonyl (C=O) groups excluding carboxylic acids is 1. The number of nitrogens with two attached hydrogens (primary N) is 2. The van der Waals surface area contributed by atoms with E-state index in [-0.39, 0.29) is 30.9 Å². The van der Waals surface area contributed by atoms with E-state index in [9.17, 15) is 4.79 Å². The SMILES string of the molecule is CC1(C)N=C(N)N=C(N)N1OCCOc1cccc(/C=C/C(=O)c2ccccc2)c1. The molecule has 8 nitrogen and oxygen atoms in total. The van der Waals surface area contributed by atoms with Crippen LogP contribution >= 0.6 is 0 Å². The number of ether oxygens (including phenoxy) is 1. The van der Waals surface area contributed by atoms with Crippen LogP contribution in [0.4, 0.5) is 0 Å². The maximum atomic E-state index is 12.2. The Kier molecular flexibility index (Phi) is 6.48. The molecule has 0 saturated heterocycles. The van der Waals surface area contributed by atoms with E-state index >= 15 is 0 Å². The Morgan fingerprint density at radius 1 is 1.10 bits per heavy atom. The highest BCUT2D eigenvalue weighted by Gasteiger charge is 2.33. The number of hydroxylamine groups is 2. The Labute approximate surface area is 175 Å². The summed E-state index contributed by atoms with van der Waals surface area (Å²) in [7, 11) is 0. The van der Waals surface area contributed by atoms with Crippen molar-refractivity contribution in [2.24, 2.45) is 21.5 Å². The zero-order chi connectivity index (χ0) is 21.6. The van der Waals surface area contributed by atoms with Crippen molar-refractivity contribution < 1.29 is 14.4 Å². The number of hydrogen-bond acceptors (Lipinski definition) is 8. The molecule has 0 saturated carbocycles. The third-order valence-corrected chi connectivity index (χ3v) is 4.24. The summed E-state index contributed by atoms with van der Waals surface area (Å²) in [6.07, 6.45) is 3.30. The van der Waals surface area contributed by atoms with Gasteiger partial charge in [-0.05, 0) is 37.6 Å². The van der Waals surface area contributed by atoms with Crippen LogP contribution in [0, 0.1) is 0 Å². The summed E-state index contributed by atoms with van der Waals surface area (Å²) in [4.78, 5) is 26.0. The highest BCUT2D eigenvalue weighted by atomic mass is 16.7. The molecule has 0 atom stereocenters. The summed E-state index contributed by atoms with van der Waals surface area (Å²) in [5.74, 6) is 0.865. The highest BCUT2D eigenvalue weighted by molar-refractivity contribution is 6.06. The van der Waals surface area contributed by atoms with Gasteiger partial charge in [0.25, 0.3) is 0 Å². The van der Waals surface area contributed by atoms with Gasteiger partial charge < -0.3 is 16.2 Å². The molecule has 4 N–H and O–H groups in total. The Balaban J connectivity index is 1.52. The van der Waals surface area contributed by atoms with Crippen molar-refractivity contribution in [1.29, 1.82) is 0 Å². The molecule has 0 aliphatic carbocycles. The average molecular weight is 407 g/mol. The van der Waals surface area contributed by atoms with Crippen LogP contribution in [0.2, 0.25) is 0 Å². The normalized spacial score (nSPS) is 15.6. The molecule has 2 aromatic rings. The molecule has 3 rings (SSSR count). The van der Waals surface area contributed by atoms with E-state index in [1.165, 1.54) is 5.06 Å². The number of nitrogens with zero attached hydrogens (tertiary/aromatic N) is 3. The lowest BCUT2D eigenvalue weighted by molar-refractivity contribution is -0.161. The summed E-state index contributed by atoms with van der Waals surface area (Å²) in [6, 6.07) is 16.6. The summed E-state index contributed by atoms with van der Waals surface area (Å²) >= 11 is 0. The maximum absolute atomic E-state index is 12.2. The topological polar surface area (TPSA) is 116 Å². The van der Waals surface area contributed by atoms with Crippen LogP contribution in [0.3, 0.4) is 0 Å². The molecular weight excluding hydrogens is 382 g/mol. The molecule has 0 bridgehead atoms. The number of benzene rings is 2. The van der Waals surface area contributed by atoms with Crippen molar-refractivity contribution in [3.63, 3.8) is 0 Å². The van der Waals surface area contributed by atoms with E-state index in [2.05, 4.69) is 9.98 Å². The first-order valence-electron chi connectivity index (χ1n) is 9.48. The largest absolute Gasteiger partial charge is 0.491 e. The monoisotopic (exact) mass is 407 g/mol. The molecule has 1 aliphatic heterocycles. The minimum Gasteiger partial charge on any atom is -0.491 e. The smallest absolute Gasteiger partial charge is 0.226 e. The number of ketones is 1. The number of rotatable bonds is 8. The Morgan fingerprint density at radius 2 is 1.87 bits per heavy atom. The van der Waals surface area contributed by atoms with Gasteiger partial charge in [-0.2, -0.15) is 10.1 Å². The van der Waals surface area contributed by atoms with Gasteiger partial charge in [0.15, 0.2) is 11.4 Å². The fraction of sp³-hybridized carbons (Fsp3) is 0.227. The lowest BCUT2D eigenvalue weighted by Crippen LogP contribution is -2.54. The van der Waals surface area contributed by atoms with Crippen LogP contribution in [0.1, 0.15) is 29.8 Å². The molecule has 8 heteroatoms. The molecule has 1 aliphatic rings. The molecule has 0 radical (unpaired) electrons. The van der Waals surface area contributed by atoms with Gasteiger partial charge in [0.1, 0.15) is 19.0 Å². The first-order valence-corrected chi connectivity index (χ1v) is 9.48. The first kappa shape index (κ1) is 21.1. The zero-order valence-corrected chi connectivity index (χ0v) is 17.0. The number of allylic oxidation sites excluding steroid dienone is 1. The van der Waals surface area contributed by atoms with E-state index < -0.39 is 5.66 Å². The molecule has 30 heavy (non-hydrogen) atoms. The molecular formula is C22H25N5O3. The molecule has 1 heterocycles. The molecule has 2 aromatic carbocycles. The number of aliphatic imine (C=N–C) groups is 2. The zero-order valence-electron chi connectivity index (χ0n) is 17.0. The van der Waals surface area contributed by atoms with E-state index in [0.29, 0.717) is 11.3 Å². The van der Waals surface area contributed by atoms with Gasteiger partial charge in [-0.1, -0.05) is 48.5 Å². The van der Waals surface area contributed by atoms with Gasteiger partial charge in [0.2, 0.25) is 11.9 Å². The highest BCUT2D eigenvalue weighted by Crippen LogP contribution is 2.20. The second-order valence-electron chi connectivity index (χ2n) is 7.05. The van der Waals surface area contributed by atoms with Crippen molar-refractivity contribution >= 4 is 23.8 Å². The van der Waals surface area contributed by atoms with Crippen LogP contribution in [0.25, 0.3) is 6.08 Å². The van der Waals surface area contributed by atoms with Crippen molar-refractivity contribution in [3.8, 4) is 5.75 Å². The second-order valence-corrected chi connectivity index (χ2v) is 7.05. The number of guanidine groups is 2. The molecule has 0 aromatic heterocycles. The fourth-order valence-corrected chi connectivity index (χ4v) is 2.88. The van der Waals surface area contributed by atoms with Gasteiger partial charge in [-0.3, -0.25) is 9.63 Å². The van der Waals surface area contributed by atoms with Gasteiger partial charge in [0, 0.05) is 5.56 Å². The minimum atomic E-state index is -0.758. The van der Waals surface area contributed by atoms with E-state index in [0.717, 1.165) is 5.56 Å². The Morgan fingerprint density at radius 3 is 2.60 bits per heavy atom. The van der Waals surface area contributed by atoms with Crippen molar-refractivity contribution in [3.05, 3.63) is 71.8 Å². The molecule has 156 valence electrons. The second kappa shape index (κ2) is 9.23. The van der Waals surface area contributed by atoms with E-state index in [1.807, 2.05) is 56.3 Å². The maximum Gasteiger partial charge on any atom is 0.226 e.